The lowest BCUT2D eigenvalue weighted by Gasteiger charge is -2.27. The van der Waals surface area contributed by atoms with Gasteiger partial charge in [-0.2, -0.15) is 13.2 Å². The third kappa shape index (κ3) is 3.12. The van der Waals surface area contributed by atoms with Crippen molar-refractivity contribution < 1.29 is 32.3 Å². The van der Waals surface area contributed by atoms with E-state index in [0.717, 1.165) is 11.0 Å². The van der Waals surface area contributed by atoms with E-state index in [4.69, 9.17) is 16.7 Å². The smallest absolute Gasteiger partial charge is 0.406 e. The van der Waals surface area contributed by atoms with E-state index in [9.17, 15) is 27.2 Å². The molecule has 1 aromatic carbocycles. The highest BCUT2D eigenvalue weighted by atomic mass is 35.5. The molecule has 1 amide bonds. The van der Waals surface area contributed by atoms with Crippen LogP contribution < -0.4 is 0 Å². The van der Waals surface area contributed by atoms with Gasteiger partial charge in [0.05, 0.1) is 6.42 Å². The number of alkyl halides is 3. The van der Waals surface area contributed by atoms with Gasteiger partial charge in [-0.1, -0.05) is 17.7 Å². The third-order valence-corrected chi connectivity index (χ3v) is 4.32. The van der Waals surface area contributed by atoms with Gasteiger partial charge >= 0.3 is 12.1 Å². The minimum Gasteiger partial charge on any atom is -0.481 e. The molecule has 1 aliphatic heterocycles. The SMILES string of the molecule is O=C(Cc1c(F)cccc1Cl)N1CCC(C(=O)O)(C(F)(F)F)C1. The number of rotatable bonds is 3. The number of likely N-dealkylation sites (tertiary alicyclic amines) is 1. The van der Waals surface area contributed by atoms with E-state index < -0.39 is 48.7 Å². The molecule has 1 heterocycles. The first-order valence-electron chi connectivity index (χ1n) is 6.59. The van der Waals surface area contributed by atoms with Crippen LogP contribution in [0.5, 0.6) is 0 Å². The zero-order valence-corrected chi connectivity index (χ0v) is 12.4. The summed E-state index contributed by atoms with van der Waals surface area (Å²) in [4.78, 5) is 23.9. The zero-order chi connectivity index (χ0) is 17.4. The Morgan fingerprint density at radius 3 is 2.48 bits per heavy atom. The molecule has 23 heavy (non-hydrogen) atoms. The molecule has 0 spiro atoms. The lowest BCUT2D eigenvalue weighted by atomic mass is 9.86. The van der Waals surface area contributed by atoms with Crippen LogP contribution in [0.2, 0.25) is 5.02 Å². The van der Waals surface area contributed by atoms with E-state index in [0.29, 0.717) is 0 Å². The number of hydrogen-bond acceptors (Lipinski definition) is 2. The van der Waals surface area contributed by atoms with Crippen LogP contribution in [-0.2, 0) is 16.0 Å². The zero-order valence-electron chi connectivity index (χ0n) is 11.7. The maximum absolute atomic E-state index is 13.6. The van der Waals surface area contributed by atoms with E-state index >= 15 is 0 Å². The Morgan fingerprint density at radius 1 is 1.35 bits per heavy atom. The van der Waals surface area contributed by atoms with Crippen molar-refractivity contribution in [1.29, 1.82) is 0 Å². The van der Waals surface area contributed by atoms with Crippen LogP contribution in [0.3, 0.4) is 0 Å². The molecule has 1 N–H and O–H groups in total. The maximum Gasteiger partial charge on any atom is 0.406 e. The normalized spacial score (nSPS) is 21.5. The fourth-order valence-corrected chi connectivity index (χ4v) is 2.74. The molecule has 0 aromatic heterocycles. The first-order valence-corrected chi connectivity index (χ1v) is 6.97. The van der Waals surface area contributed by atoms with E-state index in [1.165, 1.54) is 12.1 Å². The standard InChI is InChI=1S/C14H12ClF4NO3/c15-9-2-1-3-10(16)8(9)6-11(21)20-5-4-13(7-20,12(22)23)14(17,18)19/h1-3H,4-7H2,(H,22,23). The molecule has 4 nitrogen and oxygen atoms in total. The quantitative estimate of drug-likeness (QED) is 0.850. The van der Waals surface area contributed by atoms with Crippen LogP contribution >= 0.6 is 11.6 Å². The number of benzene rings is 1. The molecule has 0 radical (unpaired) electrons. The van der Waals surface area contributed by atoms with Crippen molar-refractivity contribution in [2.24, 2.45) is 5.41 Å². The van der Waals surface area contributed by atoms with Gasteiger partial charge in [-0.15, -0.1) is 0 Å². The highest BCUT2D eigenvalue weighted by molar-refractivity contribution is 6.31. The molecule has 1 aliphatic rings. The molecule has 1 unspecified atom stereocenters. The largest absolute Gasteiger partial charge is 0.481 e. The van der Waals surface area contributed by atoms with Gasteiger partial charge in [0.1, 0.15) is 5.82 Å². The minimum atomic E-state index is -4.98. The average Bonchev–Trinajstić information content (AvgIpc) is 2.89. The van der Waals surface area contributed by atoms with Crippen molar-refractivity contribution in [3.05, 3.63) is 34.6 Å². The molecular formula is C14H12ClF4NO3. The van der Waals surface area contributed by atoms with Crippen molar-refractivity contribution >= 4 is 23.5 Å². The summed E-state index contributed by atoms with van der Waals surface area (Å²) in [5.74, 6) is -3.57. The van der Waals surface area contributed by atoms with Crippen LogP contribution in [-0.4, -0.2) is 41.1 Å². The highest BCUT2D eigenvalue weighted by Gasteiger charge is 2.64. The summed E-state index contributed by atoms with van der Waals surface area (Å²) >= 11 is 5.77. The molecule has 1 aromatic rings. The summed E-state index contributed by atoms with van der Waals surface area (Å²) in [6, 6.07) is 3.77. The first-order chi connectivity index (χ1) is 10.6. The molecule has 1 atom stereocenters. The summed E-state index contributed by atoms with van der Waals surface area (Å²) in [5.41, 5.74) is -3.11. The number of aliphatic carboxylic acids is 1. The van der Waals surface area contributed by atoms with Crippen LogP contribution in [0.1, 0.15) is 12.0 Å². The number of amides is 1. The van der Waals surface area contributed by atoms with Gasteiger partial charge < -0.3 is 10.0 Å². The Balaban J connectivity index is 2.18. The van der Waals surface area contributed by atoms with E-state index in [2.05, 4.69) is 0 Å². The summed E-state index contributed by atoms with van der Waals surface area (Å²) in [5, 5.41) is 8.92. The Hall–Kier alpha value is -1.83. The second-order valence-corrected chi connectivity index (χ2v) is 5.73. The second kappa shape index (κ2) is 5.99. The van der Waals surface area contributed by atoms with E-state index in [-0.39, 0.29) is 17.1 Å². The predicted octanol–water partition coefficient (Wildman–Crippen LogP) is 2.89. The second-order valence-electron chi connectivity index (χ2n) is 5.33. The fourth-order valence-electron chi connectivity index (χ4n) is 2.51. The van der Waals surface area contributed by atoms with Gasteiger partial charge in [0.15, 0.2) is 5.41 Å². The van der Waals surface area contributed by atoms with Gasteiger partial charge in [0.25, 0.3) is 0 Å². The molecule has 1 saturated heterocycles. The van der Waals surface area contributed by atoms with Gasteiger partial charge in [-0.05, 0) is 18.6 Å². The van der Waals surface area contributed by atoms with Crippen molar-refractivity contribution in [3.8, 4) is 0 Å². The number of nitrogens with zero attached hydrogens (tertiary/aromatic N) is 1. The summed E-state index contributed by atoms with van der Waals surface area (Å²) < 4.78 is 52.8. The number of hydrogen-bond donors (Lipinski definition) is 1. The predicted molar refractivity (Wildman–Crippen MR) is 72.4 cm³/mol. The van der Waals surface area contributed by atoms with Crippen molar-refractivity contribution in [2.45, 2.75) is 19.0 Å². The van der Waals surface area contributed by atoms with Crippen molar-refractivity contribution in [3.63, 3.8) is 0 Å². The molecule has 0 bridgehead atoms. The molecule has 0 saturated carbocycles. The average molecular weight is 354 g/mol. The van der Waals surface area contributed by atoms with Crippen molar-refractivity contribution in [2.75, 3.05) is 13.1 Å². The summed E-state index contributed by atoms with van der Waals surface area (Å²) in [7, 11) is 0. The first kappa shape index (κ1) is 17.5. The van der Waals surface area contributed by atoms with Gasteiger partial charge in [0, 0.05) is 23.7 Å². The lowest BCUT2D eigenvalue weighted by molar-refractivity contribution is -0.227. The molecule has 2 rings (SSSR count). The number of carbonyl (C=O) groups is 2. The fraction of sp³-hybridized carbons (Fsp3) is 0.429. The van der Waals surface area contributed by atoms with Gasteiger partial charge in [0.2, 0.25) is 5.91 Å². The van der Waals surface area contributed by atoms with E-state index in [1.807, 2.05) is 0 Å². The highest BCUT2D eigenvalue weighted by Crippen LogP contribution is 2.45. The third-order valence-electron chi connectivity index (χ3n) is 3.96. The van der Waals surface area contributed by atoms with Crippen LogP contribution in [0.4, 0.5) is 17.6 Å². The maximum atomic E-state index is 13.6. The Labute approximate surface area is 133 Å². The van der Waals surface area contributed by atoms with Gasteiger partial charge in [-0.3, -0.25) is 9.59 Å². The van der Waals surface area contributed by atoms with Gasteiger partial charge in [-0.25, -0.2) is 4.39 Å². The summed E-state index contributed by atoms with van der Waals surface area (Å²) in [6.07, 6.45) is -6.24. The Bertz CT molecular complexity index is 629. The Kier molecular flexibility index (Phi) is 4.57. The summed E-state index contributed by atoms with van der Waals surface area (Å²) in [6.45, 7) is -1.35. The van der Waals surface area contributed by atoms with Crippen LogP contribution in [0, 0.1) is 11.2 Å². The van der Waals surface area contributed by atoms with Crippen molar-refractivity contribution in [1.82, 2.24) is 4.90 Å². The van der Waals surface area contributed by atoms with Crippen LogP contribution in [0.25, 0.3) is 0 Å². The van der Waals surface area contributed by atoms with E-state index in [1.54, 1.807) is 0 Å². The minimum absolute atomic E-state index is 0.0159. The number of carboxylic acids is 1. The van der Waals surface area contributed by atoms with Crippen LogP contribution in [0.15, 0.2) is 18.2 Å². The number of carboxylic acid groups (broad SMARTS) is 1. The molecular weight excluding hydrogens is 342 g/mol. The monoisotopic (exact) mass is 353 g/mol. The Morgan fingerprint density at radius 2 is 2.00 bits per heavy atom. The number of carbonyl (C=O) groups excluding carboxylic acids is 1. The molecule has 126 valence electrons. The molecule has 1 fully saturated rings. The number of halogens is 5. The molecule has 9 heteroatoms. The lowest BCUT2D eigenvalue weighted by Crippen LogP contribution is -2.47. The molecule has 0 aliphatic carbocycles. The topological polar surface area (TPSA) is 57.6 Å².